The van der Waals surface area contributed by atoms with E-state index in [-0.39, 0.29) is 22.7 Å². The summed E-state index contributed by atoms with van der Waals surface area (Å²) in [5, 5.41) is 14.7. The number of para-hydroxylation sites is 1. The molecule has 1 amide bonds. The molecule has 19 heavy (non-hydrogen) atoms. The maximum Gasteiger partial charge on any atom is 0.285 e. The number of hydrogen-bond acceptors (Lipinski definition) is 3. The van der Waals surface area contributed by atoms with Gasteiger partial charge in [-0.1, -0.05) is 28.1 Å². The van der Waals surface area contributed by atoms with E-state index in [1.807, 2.05) is 0 Å². The molecule has 102 valence electrons. The minimum absolute atomic E-state index is 0.107. The van der Waals surface area contributed by atoms with Crippen LogP contribution in [0.3, 0.4) is 0 Å². The van der Waals surface area contributed by atoms with E-state index in [9.17, 15) is 14.9 Å². The van der Waals surface area contributed by atoms with Crippen LogP contribution in [0.5, 0.6) is 0 Å². The molecule has 0 aliphatic heterocycles. The number of benzene rings is 1. The molecule has 1 saturated carbocycles. The molecule has 6 heteroatoms. The molecule has 1 aromatic rings. The van der Waals surface area contributed by atoms with Crippen molar-refractivity contribution >= 4 is 27.5 Å². The fourth-order valence-electron chi connectivity index (χ4n) is 2.29. The molecule has 1 aromatic carbocycles. The molecule has 1 aliphatic carbocycles. The molecule has 0 saturated heterocycles. The molecule has 5 nitrogen and oxygen atoms in total. The summed E-state index contributed by atoms with van der Waals surface area (Å²) in [6, 6.07) is 4.80. The van der Waals surface area contributed by atoms with E-state index in [4.69, 9.17) is 0 Å². The van der Waals surface area contributed by atoms with E-state index in [1.165, 1.54) is 6.07 Å². The summed E-state index contributed by atoms with van der Waals surface area (Å²) in [5.74, 6) is -0.366. The predicted molar refractivity (Wildman–Crippen MR) is 75.7 cm³/mol. The topological polar surface area (TPSA) is 72.2 Å². The number of alkyl halides is 1. The highest BCUT2D eigenvalue weighted by Crippen LogP contribution is 2.34. The third kappa shape index (κ3) is 2.63. The van der Waals surface area contributed by atoms with Crippen LogP contribution < -0.4 is 5.32 Å². The van der Waals surface area contributed by atoms with Crippen molar-refractivity contribution in [3.63, 3.8) is 0 Å². The first-order chi connectivity index (χ1) is 8.99. The highest BCUT2D eigenvalue weighted by Gasteiger charge is 2.38. The van der Waals surface area contributed by atoms with Gasteiger partial charge in [0.1, 0.15) is 5.56 Å². The van der Waals surface area contributed by atoms with Gasteiger partial charge in [0.2, 0.25) is 0 Å². The molecule has 0 aromatic heterocycles. The van der Waals surface area contributed by atoms with Crippen LogP contribution in [0, 0.1) is 17.0 Å². The zero-order valence-corrected chi connectivity index (χ0v) is 12.2. The minimum atomic E-state index is -0.494. The number of nitro groups is 1. The summed E-state index contributed by atoms with van der Waals surface area (Å²) in [7, 11) is 0. The number of amides is 1. The quantitative estimate of drug-likeness (QED) is 0.525. The maximum atomic E-state index is 12.3. The molecule has 1 aliphatic rings. The second kappa shape index (κ2) is 5.28. The molecule has 0 heterocycles. The standard InChI is InChI=1S/C13H15BrN2O3/c1-9-4-2-5-10(11(9)16(18)19)12(17)15-13(8-14)6-3-7-13/h2,4-5H,3,6-8H2,1H3,(H,15,17). The Morgan fingerprint density at radius 2 is 2.21 bits per heavy atom. The number of halogens is 1. The summed E-state index contributed by atoms with van der Waals surface area (Å²) in [5.41, 5.74) is 0.287. The van der Waals surface area contributed by atoms with Crippen LogP contribution >= 0.6 is 15.9 Å². The number of aryl methyl sites for hydroxylation is 1. The Labute approximate surface area is 119 Å². The first-order valence-electron chi connectivity index (χ1n) is 6.11. The molecular formula is C13H15BrN2O3. The Morgan fingerprint density at radius 1 is 1.53 bits per heavy atom. The molecule has 0 unspecified atom stereocenters. The lowest BCUT2D eigenvalue weighted by Crippen LogP contribution is -2.54. The van der Waals surface area contributed by atoms with Crippen molar-refractivity contribution in [3.05, 3.63) is 39.4 Å². The van der Waals surface area contributed by atoms with E-state index in [1.54, 1.807) is 19.1 Å². The van der Waals surface area contributed by atoms with Gasteiger partial charge in [-0.05, 0) is 32.3 Å². The highest BCUT2D eigenvalue weighted by atomic mass is 79.9. The second-order valence-corrected chi connectivity index (χ2v) is 5.51. The fourth-order valence-corrected chi connectivity index (χ4v) is 2.99. The van der Waals surface area contributed by atoms with Gasteiger partial charge in [0.05, 0.1) is 10.5 Å². The zero-order valence-electron chi connectivity index (χ0n) is 10.6. The van der Waals surface area contributed by atoms with Crippen molar-refractivity contribution in [3.8, 4) is 0 Å². The summed E-state index contributed by atoms with van der Waals surface area (Å²) in [6.07, 6.45) is 2.88. The number of hydrogen-bond donors (Lipinski definition) is 1. The van der Waals surface area contributed by atoms with Gasteiger partial charge >= 0.3 is 0 Å². The van der Waals surface area contributed by atoms with Crippen molar-refractivity contribution in [1.29, 1.82) is 0 Å². The van der Waals surface area contributed by atoms with Crippen LogP contribution in [0.15, 0.2) is 18.2 Å². The van der Waals surface area contributed by atoms with Crippen LogP contribution in [-0.4, -0.2) is 21.7 Å². The molecule has 0 atom stereocenters. The van der Waals surface area contributed by atoms with Gasteiger partial charge in [-0.15, -0.1) is 0 Å². The van der Waals surface area contributed by atoms with Gasteiger partial charge in [0.25, 0.3) is 11.6 Å². The van der Waals surface area contributed by atoms with Crippen LogP contribution in [-0.2, 0) is 0 Å². The predicted octanol–water partition coefficient (Wildman–Crippen LogP) is 2.95. The van der Waals surface area contributed by atoms with Crippen LogP contribution in [0.25, 0.3) is 0 Å². The fraction of sp³-hybridized carbons (Fsp3) is 0.462. The van der Waals surface area contributed by atoms with Crippen LogP contribution in [0.1, 0.15) is 35.2 Å². The normalized spacial score (nSPS) is 16.5. The smallest absolute Gasteiger partial charge is 0.285 e. The lowest BCUT2D eigenvalue weighted by atomic mass is 9.78. The number of carbonyl (C=O) groups is 1. The molecule has 0 radical (unpaired) electrons. The van der Waals surface area contributed by atoms with Crippen molar-refractivity contribution < 1.29 is 9.72 Å². The lowest BCUT2D eigenvalue weighted by molar-refractivity contribution is -0.385. The van der Waals surface area contributed by atoms with Gasteiger partial charge in [-0.2, -0.15) is 0 Å². The van der Waals surface area contributed by atoms with Gasteiger partial charge < -0.3 is 5.32 Å². The van der Waals surface area contributed by atoms with Gasteiger partial charge in [0.15, 0.2) is 0 Å². The number of rotatable bonds is 4. The number of nitro benzene ring substituents is 1. The molecular weight excluding hydrogens is 312 g/mol. The number of carbonyl (C=O) groups excluding carboxylic acids is 1. The monoisotopic (exact) mass is 326 g/mol. The third-order valence-electron chi connectivity index (χ3n) is 3.61. The summed E-state index contributed by atoms with van der Waals surface area (Å²) >= 11 is 3.40. The van der Waals surface area contributed by atoms with E-state index >= 15 is 0 Å². The molecule has 0 spiro atoms. The second-order valence-electron chi connectivity index (χ2n) is 4.95. The SMILES string of the molecule is Cc1cccc(C(=O)NC2(CBr)CCC2)c1[N+](=O)[O-]. The van der Waals surface area contributed by atoms with E-state index < -0.39 is 4.92 Å². The first kappa shape index (κ1) is 14.0. The largest absolute Gasteiger partial charge is 0.346 e. The van der Waals surface area contributed by atoms with E-state index in [2.05, 4.69) is 21.2 Å². The van der Waals surface area contributed by atoms with Crippen molar-refractivity contribution in [2.75, 3.05) is 5.33 Å². The van der Waals surface area contributed by atoms with Crippen LogP contribution in [0.2, 0.25) is 0 Å². The Balaban J connectivity index is 2.29. The lowest BCUT2D eigenvalue weighted by Gasteiger charge is -2.41. The Morgan fingerprint density at radius 3 is 2.68 bits per heavy atom. The minimum Gasteiger partial charge on any atom is -0.346 e. The molecule has 0 bridgehead atoms. The van der Waals surface area contributed by atoms with E-state index in [0.717, 1.165) is 19.3 Å². The van der Waals surface area contributed by atoms with Crippen LogP contribution in [0.4, 0.5) is 5.69 Å². The Hall–Kier alpha value is -1.43. The summed E-state index contributed by atoms with van der Waals surface area (Å²) in [4.78, 5) is 22.8. The molecule has 1 N–H and O–H groups in total. The van der Waals surface area contributed by atoms with E-state index in [0.29, 0.717) is 10.9 Å². The molecule has 2 rings (SSSR count). The third-order valence-corrected chi connectivity index (χ3v) is 4.68. The van der Waals surface area contributed by atoms with Gasteiger partial charge in [0, 0.05) is 10.9 Å². The van der Waals surface area contributed by atoms with Crippen molar-refractivity contribution in [2.24, 2.45) is 0 Å². The van der Waals surface area contributed by atoms with Gasteiger partial charge in [-0.25, -0.2) is 0 Å². The first-order valence-corrected chi connectivity index (χ1v) is 7.24. The average Bonchev–Trinajstić information content (AvgIpc) is 2.32. The van der Waals surface area contributed by atoms with Gasteiger partial charge in [-0.3, -0.25) is 14.9 Å². The zero-order chi connectivity index (χ0) is 14.0. The molecule has 1 fully saturated rings. The van der Waals surface area contributed by atoms with Crippen molar-refractivity contribution in [2.45, 2.75) is 31.7 Å². The Kier molecular flexibility index (Phi) is 3.89. The number of nitrogens with one attached hydrogen (secondary N) is 1. The number of nitrogens with zero attached hydrogens (tertiary/aromatic N) is 1. The highest BCUT2D eigenvalue weighted by molar-refractivity contribution is 9.09. The van der Waals surface area contributed by atoms with Crippen molar-refractivity contribution in [1.82, 2.24) is 5.32 Å². The summed E-state index contributed by atoms with van der Waals surface area (Å²) in [6.45, 7) is 1.64. The maximum absolute atomic E-state index is 12.3. The Bertz CT molecular complexity index is 521. The summed E-state index contributed by atoms with van der Waals surface area (Å²) < 4.78 is 0. The average molecular weight is 327 g/mol.